The molecule has 0 fully saturated rings. The SMILES string of the molecule is N#Cc1cc(C#N)c(-c2c3ccccc3c(-c3ccccc3)c3ccccc23)c(-c2ccc(-n3c4ccccc4c4cc(C#N)ccc43)cc2)c1. The Bertz CT molecular complexity index is 2930. The van der Waals surface area contributed by atoms with Crippen LogP contribution in [0.1, 0.15) is 16.7 Å². The minimum Gasteiger partial charge on any atom is -0.309 e. The Morgan fingerprint density at radius 2 is 0.941 bits per heavy atom. The van der Waals surface area contributed by atoms with Crippen molar-refractivity contribution in [1.82, 2.24) is 4.57 Å². The molecule has 0 amide bonds. The van der Waals surface area contributed by atoms with Crippen LogP contribution in [0.4, 0.5) is 0 Å². The number of nitriles is 3. The zero-order valence-electron chi connectivity index (χ0n) is 27.3. The molecule has 0 unspecified atom stereocenters. The third-order valence-corrected chi connectivity index (χ3v) is 9.87. The molecule has 0 aliphatic carbocycles. The van der Waals surface area contributed by atoms with Crippen molar-refractivity contribution < 1.29 is 0 Å². The van der Waals surface area contributed by atoms with Gasteiger partial charge in [-0.25, -0.2) is 0 Å². The van der Waals surface area contributed by atoms with Crippen LogP contribution >= 0.6 is 0 Å². The third-order valence-electron chi connectivity index (χ3n) is 9.87. The van der Waals surface area contributed by atoms with Crippen LogP contribution in [0.5, 0.6) is 0 Å². The van der Waals surface area contributed by atoms with Gasteiger partial charge in [-0.05, 0) is 97.9 Å². The van der Waals surface area contributed by atoms with Gasteiger partial charge in [0, 0.05) is 22.0 Å². The van der Waals surface area contributed by atoms with Crippen molar-refractivity contribution in [1.29, 1.82) is 15.8 Å². The number of hydrogen-bond acceptors (Lipinski definition) is 3. The van der Waals surface area contributed by atoms with E-state index in [9.17, 15) is 15.8 Å². The molecule has 9 aromatic rings. The van der Waals surface area contributed by atoms with Gasteiger partial charge in [0.1, 0.15) is 0 Å². The van der Waals surface area contributed by atoms with Crippen molar-refractivity contribution in [2.24, 2.45) is 0 Å². The summed E-state index contributed by atoms with van der Waals surface area (Å²) in [7, 11) is 0. The molecular weight excluding hydrogens is 621 g/mol. The summed E-state index contributed by atoms with van der Waals surface area (Å²) in [6, 6.07) is 60.2. The third kappa shape index (κ3) is 4.66. The second-order valence-corrected chi connectivity index (χ2v) is 12.6. The molecule has 0 atom stereocenters. The molecule has 234 valence electrons. The molecule has 0 saturated carbocycles. The highest BCUT2D eigenvalue weighted by Gasteiger charge is 2.22. The first-order valence-electron chi connectivity index (χ1n) is 16.7. The van der Waals surface area contributed by atoms with Crippen LogP contribution in [0, 0.1) is 34.0 Å². The molecule has 9 rings (SSSR count). The maximum absolute atomic E-state index is 10.7. The summed E-state index contributed by atoms with van der Waals surface area (Å²) in [6.45, 7) is 0. The maximum atomic E-state index is 10.7. The van der Waals surface area contributed by atoms with Gasteiger partial charge in [0.25, 0.3) is 0 Å². The quantitative estimate of drug-likeness (QED) is 0.179. The largest absolute Gasteiger partial charge is 0.309 e. The Morgan fingerprint density at radius 3 is 1.57 bits per heavy atom. The van der Waals surface area contributed by atoms with Gasteiger partial charge >= 0.3 is 0 Å². The van der Waals surface area contributed by atoms with E-state index in [1.807, 2.05) is 54.6 Å². The lowest BCUT2D eigenvalue weighted by Gasteiger charge is -2.21. The fourth-order valence-electron chi connectivity index (χ4n) is 7.72. The molecule has 0 saturated heterocycles. The first kappa shape index (κ1) is 29.7. The standard InChI is InChI=1S/C47H26N4/c48-27-30-18-23-44-42(25-30)36-12-8-9-17-43(36)51(44)35-21-19-32(20-22-35)41-26-31(28-49)24-34(29-50)46(41)47-39-15-6-4-13-37(39)45(33-10-2-1-3-11-33)38-14-5-7-16-40(38)47/h1-26H. The maximum Gasteiger partial charge on any atom is 0.0998 e. The van der Waals surface area contributed by atoms with Crippen LogP contribution in [0.3, 0.4) is 0 Å². The van der Waals surface area contributed by atoms with Gasteiger partial charge in [0.05, 0.1) is 45.9 Å². The fourth-order valence-corrected chi connectivity index (χ4v) is 7.72. The predicted molar refractivity (Wildman–Crippen MR) is 206 cm³/mol. The van der Waals surface area contributed by atoms with Gasteiger partial charge in [0.2, 0.25) is 0 Å². The molecule has 0 N–H and O–H groups in total. The highest BCUT2D eigenvalue weighted by atomic mass is 15.0. The van der Waals surface area contributed by atoms with E-state index in [0.717, 1.165) is 82.4 Å². The molecule has 0 aliphatic heterocycles. The molecule has 0 bridgehead atoms. The van der Waals surface area contributed by atoms with Crippen LogP contribution in [0.15, 0.2) is 158 Å². The highest BCUT2D eigenvalue weighted by Crippen LogP contribution is 2.47. The van der Waals surface area contributed by atoms with Crippen LogP contribution < -0.4 is 0 Å². The van der Waals surface area contributed by atoms with Gasteiger partial charge in [-0.1, -0.05) is 109 Å². The van der Waals surface area contributed by atoms with Gasteiger partial charge in [0.15, 0.2) is 0 Å². The van der Waals surface area contributed by atoms with Crippen molar-refractivity contribution in [2.45, 2.75) is 0 Å². The van der Waals surface area contributed by atoms with Gasteiger partial charge < -0.3 is 4.57 Å². The summed E-state index contributed by atoms with van der Waals surface area (Å²) in [4.78, 5) is 0. The second kappa shape index (κ2) is 11.9. The molecule has 8 aromatic carbocycles. The number of hydrogen-bond donors (Lipinski definition) is 0. The van der Waals surface area contributed by atoms with E-state index in [-0.39, 0.29) is 0 Å². The molecule has 1 heterocycles. The summed E-state index contributed by atoms with van der Waals surface area (Å²) >= 11 is 0. The topological polar surface area (TPSA) is 76.3 Å². The lowest BCUT2D eigenvalue weighted by Crippen LogP contribution is -1.97. The van der Waals surface area contributed by atoms with Crippen LogP contribution in [0.2, 0.25) is 0 Å². The number of fused-ring (bicyclic) bond motifs is 5. The Hall–Kier alpha value is -7.45. The summed E-state index contributed by atoms with van der Waals surface area (Å²) in [5.74, 6) is 0. The molecule has 1 aromatic heterocycles. The first-order chi connectivity index (χ1) is 25.2. The molecule has 0 radical (unpaired) electrons. The van der Waals surface area contributed by atoms with Crippen molar-refractivity contribution in [3.63, 3.8) is 0 Å². The summed E-state index contributed by atoms with van der Waals surface area (Å²) in [5, 5.41) is 36.8. The smallest absolute Gasteiger partial charge is 0.0998 e. The van der Waals surface area contributed by atoms with Gasteiger partial charge in [-0.3, -0.25) is 0 Å². The van der Waals surface area contributed by atoms with Crippen LogP contribution in [-0.4, -0.2) is 4.57 Å². The van der Waals surface area contributed by atoms with E-state index < -0.39 is 0 Å². The summed E-state index contributed by atoms with van der Waals surface area (Å²) in [5.41, 5.74) is 10.3. The predicted octanol–water partition coefficient (Wildman–Crippen LogP) is 11.7. The zero-order chi connectivity index (χ0) is 34.5. The number of aromatic nitrogens is 1. The minimum absolute atomic E-state index is 0.430. The summed E-state index contributed by atoms with van der Waals surface area (Å²) in [6.07, 6.45) is 0. The molecule has 4 nitrogen and oxygen atoms in total. The summed E-state index contributed by atoms with van der Waals surface area (Å²) < 4.78 is 2.21. The van der Waals surface area contributed by atoms with E-state index >= 15 is 0 Å². The average molecular weight is 647 g/mol. The number of para-hydroxylation sites is 1. The Kier molecular flexibility index (Phi) is 6.93. The zero-order valence-corrected chi connectivity index (χ0v) is 27.3. The van der Waals surface area contributed by atoms with Gasteiger partial charge in [-0.15, -0.1) is 0 Å². The van der Waals surface area contributed by atoms with Crippen molar-refractivity contribution in [2.75, 3.05) is 0 Å². The normalized spacial score (nSPS) is 11.1. The monoisotopic (exact) mass is 646 g/mol. The Morgan fingerprint density at radius 1 is 0.373 bits per heavy atom. The van der Waals surface area contributed by atoms with Crippen molar-refractivity contribution >= 4 is 43.4 Å². The number of rotatable bonds is 4. The first-order valence-corrected chi connectivity index (χ1v) is 16.7. The second-order valence-electron chi connectivity index (χ2n) is 12.6. The highest BCUT2D eigenvalue weighted by molar-refractivity contribution is 6.23. The van der Waals surface area contributed by atoms with Crippen LogP contribution in [0.25, 0.3) is 82.4 Å². The van der Waals surface area contributed by atoms with E-state index in [1.165, 1.54) is 0 Å². The number of benzene rings is 8. The lowest BCUT2D eigenvalue weighted by molar-refractivity contribution is 1.18. The Balaban J connectivity index is 1.31. The minimum atomic E-state index is 0.430. The lowest BCUT2D eigenvalue weighted by atomic mass is 9.81. The molecule has 0 aliphatic rings. The van der Waals surface area contributed by atoms with E-state index in [0.29, 0.717) is 16.7 Å². The number of nitrogens with zero attached hydrogens (tertiary/aromatic N) is 4. The molecule has 4 heteroatoms. The van der Waals surface area contributed by atoms with Crippen molar-refractivity contribution in [3.05, 3.63) is 174 Å². The Labute approximate surface area is 294 Å². The molecular formula is C47H26N4. The van der Waals surface area contributed by atoms with Gasteiger partial charge in [-0.2, -0.15) is 15.8 Å². The van der Waals surface area contributed by atoms with E-state index in [2.05, 4.69) is 120 Å². The molecule has 0 spiro atoms. The molecule has 51 heavy (non-hydrogen) atoms. The van der Waals surface area contributed by atoms with Crippen molar-refractivity contribution in [3.8, 4) is 57.3 Å². The van der Waals surface area contributed by atoms with E-state index in [1.54, 1.807) is 6.07 Å². The van der Waals surface area contributed by atoms with Crippen LogP contribution in [-0.2, 0) is 0 Å². The average Bonchev–Trinajstić information content (AvgIpc) is 3.53. The van der Waals surface area contributed by atoms with E-state index in [4.69, 9.17) is 0 Å². The fraction of sp³-hybridized carbons (Fsp3) is 0.